The first-order chi connectivity index (χ1) is 9.61. The predicted octanol–water partition coefficient (Wildman–Crippen LogP) is 0.819. The van der Waals surface area contributed by atoms with Gasteiger partial charge < -0.3 is 10.3 Å². The maximum absolute atomic E-state index is 12.1. The summed E-state index contributed by atoms with van der Waals surface area (Å²) in [7, 11) is 1.57. The highest BCUT2D eigenvalue weighted by Gasteiger charge is 2.10. The van der Waals surface area contributed by atoms with Crippen LogP contribution in [0.1, 0.15) is 17.7 Å². The number of hydrogen-bond donors (Lipinski definition) is 2. The minimum absolute atomic E-state index is 0.0954. The fraction of sp³-hybridized carbons (Fsp3) is 0.286. The molecule has 0 spiro atoms. The molecule has 0 unspecified atom stereocenters. The molecule has 0 fully saturated rings. The second-order valence-corrected chi connectivity index (χ2v) is 4.39. The average molecular weight is 272 g/mol. The highest BCUT2D eigenvalue weighted by molar-refractivity contribution is 5.75. The number of H-pyrrole nitrogens is 1. The van der Waals surface area contributed by atoms with Crippen LogP contribution in [0.2, 0.25) is 0 Å². The third-order valence-corrected chi connectivity index (χ3v) is 3.06. The summed E-state index contributed by atoms with van der Waals surface area (Å²) in [5, 5.41) is 2.53. The molecule has 0 saturated heterocycles. The van der Waals surface area contributed by atoms with Crippen molar-refractivity contribution >= 4 is 5.91 Å². The number of nitrogens with one attached hydrogen (secondary N) is 2. The zero-order chi connectivity index (χ0) is 14.5. The van der Waals surface area contributed by atoms with Crippen LogP contribution < -0.4 is 10.9 Å². The van der Waals surface area contributed by atoms with Gasteiger partial charge in [-0.15, -0.1) is 0 Å². The predicted molar refractivity (Wildman–Crippen MR) is 75.2 cm³/mol. The van der Waals surface area contributed by atoms with Crippen LogP contribution in [0, 0.1) is 6.92 Å². The summed E-state index contributed by atoms with van der Waals surface area (Å²) in [6.07, 6.45) is 3.94. The minimum Gasteiger partial charge on any atom is -0.359 e. The maximum Gasteiger partial charge on any atom is 0.254 e. The molecular weight excluding hydrogens is 256 g/mol. The molecule has 2 heterocycles. The van der Waals surface area contributed by atoms with Crippen LogP contribution in [0.5, 0.6) is 0 Å². The van der Waals surface area contributed by atoms with Crippen LogP contribution in [0.25, 0.3) is 11.4 Å². The number of nitrogens with zero attached hydrogens (tertiary/aromatic N) is 2. The fourth-order valence-electron chi connectivity index (χ4n) is 1.91. The number of carbonyl (C=O) groups excluding carboxylic acids is 1. The summed E-state index contributed by atoms with van der Waals surface area (Å²) in [5.74, 6) is 0.417. The first-order valence-electron chi connectivity index (χ1n) is 6.32. The van der Waals surface area contributed by atoms with E-state index in [1.54, 1.807) is 38.5 Å². The van der Waals surface area contributed by atoms with Crippen molar-refractivity contribution in [2.45, 2.75) is 19.8 Å². The van der Waals surface area contributed by atoms with Crippen LogP contribution in [0.15, 0.2) is 29.3 Å². The molecule has 0 aliphatic carbocycles. The van der Waals surface area contributed by atoms with Crippen molar-refractivity contribution < 1.29 is 4.79 Å². The van der Waals surface area contributed by atoms with E-state index >= 15 is 0 Å². The number of hydrogen-bond acceptors (Lipinski definition) is 4. The zero-order valence-electron chi connectivity index (χ0n) is 11.4. The minimum atomic E-state index is -0.201. The van der Waals surface area contributed by atoms with Gasteiger partial charge in [0.05, 0.1) is 0 Å². The summed E-state index contributed by atoms with van der Waals surface area (Å²) in [6, 6.07) is 3.56. The third-order valence-electron chi connectivity index (χ3n) is 3.06. The largest absolute Gasteiger partial charge is 0.359 e. The van der Waals surface area contributed by atoms with Crippen LogP contribution in [0.4, 0.5) is 0 Å². The van der Waals surface area contributed by atoms with E-state index < -0.39 is 0 Å². The van der Waals surface area contributed by atoms with E-state index in [0.717, 1.165) is 5.56 Å². The Balaban J connectivity index is 2.30. The molecule has 1 amide bonds. The normalized spacial score (nSPS) is 10.3. The van der Waals surface area contributed by atoms with Crippen LogP contribution >= 0.6 is 0 Å². The van der Waals surface area contributed by atoms with Gasteiger partial charge in [-0.05, 0) is 25.5 Å². The first-order valence-corrected chi connectivity index (χ1v) is 6.32. The summed E-state index contributed by atoms with van der Waals surface area (Å²) < 4.78 is 0. The van der Waals surface area contributed by atoms with Gasteiger partial charge in [0.25, 0.3) is 5.56 Å². The number of pyridine rings is 1. The Bertz CT molecular complexity index is 665. The molecule has 0 aromatic carbocycles. The molecule has 20 heavy (non-hydrogen) atoms. The second kappa shape index (κ2) is 6.10. The SMILES string of the molecule is CNC(=O)CCc1c(C)nc(-c2ccncc2)[nH]c1=O. The average Bonchev–Trinajstić information content (AvgIpc) is 2.46. The molecule has 2 N–H and O–H groups in total. The molecule has 0 saturated carbocycles. The van der Waals surface area contributed by atoms with E-state index in [1.165, 1.54) is 0 Å². The Morgan fingerprint density at radius 2 is 2.05 bits per heavy atom. The molecule has 2 rings (SSSR count). The van der Waals surface area contributed by atoms with E-state index in [9.17, 15) is 9.59 Å². The van der Waals surface area contributed by atoms with Gasteiger partial charge in [0, 0.05) is 42.7 Å². The number of amides is 1. The Labute approximate surface area is 116 Å². The number of aryl methyl sites for hydroxylation is 1. The van der Waals surface area contributed by atoms with Gasteiger partial charge in [0.2, 0.25) is 5.91 Å². The van der Waals surface area contributed by atoms with Gasteiger partial charge in [-0.3, -0.25) is 14.6 Å². The van der Waals surface area contributed by atoms with E-state index in [4.69, 9.17) is 0 Å². The second-order valence-electron chi connectivity index (χ2n) is 4.39. The van der Waals surface area contributed by atoms with Gasteiger partial charge in [0.1, 0.15) is 5.82 Å². The van der Waals surface area contributed by atoms with Crippen molar-refractivity contribution in [3.63, 3.8) is 0 Å². The van der Waals surface area contributed by atoms with Crippen molar-refractivity contribution in [1.82, 2.24) is 20.3 Å². The standard InChI is InChI=1S/C14H16N4O2/c1-9-11(3-4-12(19)15-2)14(20)18-13(17-9)10-5-7-16-8-6-10/h5-8H,3-4H2,1-2H3,(H,15,19)(H,17,18,20). The quantitative estimate of drug-likeness (QED) is 0.862. The molecule has 0 aliphatic rings. The first kappa shape index (κ1) is 13.9. The van der Waals surface area contributed by atoms with E-state index in [-0.39, 0.29) is 17.9 Å². The smallest absolute Gasteiger partial charge is 0.254 e. The molecule has 2 aromatic heterocycles. The number of aromatic nitrogens is 3. The molecular formula is C14H16N4O2. The molecule has 0 aliphatic heterocycles. The topological polar surface area (TPSA) is 87.7 Å². The lowest BCUT2D eigenvalue weighted by atomic mass is 10.1. The van der Waals surface area contributed by atoms with Crippen molar-refractivity contribution in [2.75, 3.05) is 7.05 Å². The Morgan fingerprint density at radius 1 is 1.35 bits per heavy atom. The van der Waals surface area contributed by atoms with E-state index in [0.29, 0.717) is 23.5 Å². The summed E-state index contributed by atoms with van der Waals surface area (Å²) in [5.41, 5.74) is 1.79. The van der Waals surface area contributed by atoms with Crippen LogP contribution in [-0.4, -0.2) is 27.9 Å². The van der Waals surface area contributed by atoms with Gasteiger partial charge in [-0.1, -0.05) is 0 Å². The summed E-state index contributed by atoms with van der Waals surface area (Å²) >= 11 is 0. The number of carbonyl (C=O) groups is 1. The molecule has 6 heteroatoms. The summed E-state index contributed by atoms with van der Waals surface area (Å²) in [6.45, 7) is 1.78. The fourth-order valence-corrected chi connectivity index (χ4v) is 1.91. The molecule has 6 nitrogen and oxygen atoms in total. The monoisotopic (exact) mass is 272 g/mol. The van der Waals surface area contributed by atoms with Crippen molar-refractivity contribution in [2.24, 2.45) is 0 Å². The highest BCUT2D eigenvalue weighted by atomic mass is 16.1. The van der Waals surface area contributed by atoms with Gasteiger partial charge in [-0.2, -0.15) is 0 Å². The lowest BCUT2D eigenvalue weighted by Crippen LogP contribution is -2.22. The van der Waals surface area contributed by atoms with Crippen molar-refractivity contribution in [1.29, 1.82) is 0 Å². The van der Waals surface area contributed by atoms with Crippen LogP contribution in [-0.2, 0) is 11.2 Å². The van der Waals surface area contributed by atoms with E-state index in [2.05, 4.69) is 20.3 Å². The third kappa shape index (κ3) is 3.09. The van der Waals surface area contributed by atoms with Crippen molar-refractivity contribution in [3.8, 4) is 11.4 Å². The number of rotatable bonds is 4. The molecule has 0 radical (unpaired) electrons. The maximum atomic E-state index is 12.1. The molecule has 0 atom stereocenters. The molecule has 104 valence electrons. The number of aromatic amines is 1. The Morgan fingerprint density at radius 3 is 2.65 bits per heavy atom. The van der Waals surface area contributed by atoms with Gasteiger partial charge in [-0.25, -0.2) is 4.98 Å². The van der Waals surface area contributed by atoms with E-state index in [1.807, 2.05) is 0 Å². The lowest BCUT2D eigenvalue weighted by Gasteiger charge is -2.07. The molecule has 0 bridgehead atoms. The molecule has 2 aromatic rings. The zero-order valence-corrected chi connectivity index (χ0v) is 11.4. The van der Waals surface area contributed by atoms with Crippen LogP contribution in [0.3, 0.4) is 0 Å². The van der Waals surface area contributed by atoms with Gasteiger partial charge >= 0.3 is 0 Å². The Kier molecular flexibility index (Phi) is 4.24. The van der Waals surface area contributed by atoms with Crippen molar-refractivity contribution in [3.05, 3.63) is 46.1 Å². The van der Waals surface area contributed by atoms with Gasteiger partial charge in [0.15, 0.2) is 0 Å². The Hall–Kier alpha value is -2.50. The highest BCUT2D eigenvalue weighted by Crippen LogP contribution is 2.13. The summed E-state index contributed by atoms with van der Waals surface area (Å²) in [4.78, 5) is 34.4. The lowest BCUT2D eigenvalue weighted by molar-refractivity contribution is -0.120.